The minimum absolute atomic E-state index is 0.0217. The van der Waals surface area contributed by atoms with Gasteiger partial charge in [0.05, 0.1) is 15.6 Å². The van der Waals surface area contributed by atoms with Crippen molar-refractivity contribution in [1.82, 2.24) is 0 Å². The zero-order valence-electron chi connectivity index (χ0n) is 8.22. The number of hydrogen-bond acceptors (Lipinski definition) is 2. The molecule has 0 aliphatic rings. The Morgan fingerprint density at radius 3 is 2.13 bits per heavy atom. The summed E-state index contributed by atoms with van der Waals surface area (Å²) in [6, 6.07) is 4.88. The Labute approximate surface area is 98.2 Å². The molecule has 80 valence electrons. The third kappa shape index (κ3) is 3.33. The Hall–Kier alpha value is -0.860. The summed E-state index contributed by atoms with van der Waals surface area (Å²) in [6.45, 7) is 1.45. The molecular formula is C11H10Cl2O2. The van der Waals surface area contributed by atoms with Crippen molar-refractivity contribution in [2.45, 2.75) is 19.8 Å². The summed E-state index contributed by atoms with van der Waals surface area (Å²) in [5, 5.41) is 0.659. The summed E-state index contributed by atoms with van der Waals surface area (Å²) >= 11 is 11.7. The molecule has 0 aliphatic heterocycles. The normalized spacial score (nSPS) is 10.1. The highest BCUT2D eigenvalue weighted by molar-refractivity contribution is 6.39. The van der Waals surface area contributed by atoms with Crippen LogP contribution in [0.4, 0.5) is 0 Å². The highest BCUT2D eigenvalue weighted by Crippen LogP contribution is 2.25. The van der Waals surface area contributed by atoms with Crippen molar-refractivity contribution in [3.05, 3.63) is 33.8 Å². The Balaban J connectivity index is 2.86. The fraction of sp³-hybridized carbons (Fsp3) is 0.273. The van der Waals surface area contributed by atoms with Gasteiger partial charge in [0.15, 0.2) is 5.78 Å². The standard InChI is InChI=1S/C11H10Cl2O2/c1-7(14)5-6-10(15)11-8(12)3-2-4-9(11)13/h2-4H,5-6H2,1H3. The first kappa shape index (κ1) is 12.2. The van der Waals surface area contributed by atoms with E-state index in [4.69, 9.17) is 23.2 Å². The molecule has 4 heteroatoms. The molecule has 0 spiro atoms. The van der Waals surface area contributed by atoms with Crippen molar-refractivity contribution in [2.75, 3.05) is 0 Å². The average molecular weight is 245 g/mol. The van der Waals surface area contributed by atoms with Crippen molar-refractivity contribution in [1.29, 1.82) is 0 Å². The number of carbonyl (C=O) groups is 2. The molecule has 0 atom stereocenters. The van der Waals surface area contributed by atoms with E-state index in [1.807, 2.05) is 0 Å². The molecule has 0 fully saturated rings. The lowest BCUT2D eigenvalue weighted by Gasteiger charge is -2.04. The van der Waals surface area contributed by atoms with Gasteiger partial charge < -0.3 is 4.79 Å². The van der Waals surface area contributed by atoms with Crippen LogP contribution in [0.15, 0.2) is 18.2 Å². The number of ketones is 2. The van der Waals surface area contributed by atoms with Crippen LogP contribution in [0.3, 0.4) is 0 Å². The second kappa shape index (κ2) is 5.29. The molecule has 0 radical (unpaired) electrons. The number of rotatable bonds is 4. The molecule has 0 saturated heterocycles. The Morgan fingerprint density at radius 1 is 1.13 bits per heavy atom. The first-order valence-corrected chi connectivity index (χ1v) is 5.24. The van der Waals surface area contributed by atoms with Crippen LogP contribution in [0.5, 0.6) is 0 Å². The van der Waals surface area contributed by atoms with Gasteiger partial charge in [0.1, 0.15) is 5.78 Å². The predicted molar refractivity (Wildman–Crippen MR) is 60.7 cm³/mol. The van der Waals surface area contributed by atoms with E-state index < -0.39 is 0 Å². The Morgan fingerprint density at radius 2 is 1.67 bits per heavy atom. The molecule has 0 heterocycles. The highest BCUT2D eigenvalue weighted by atomic mass is 35.5. The Bertz CT molecular complexity index is 379. The second-order valence-corrected chi connectivity index (χ2v) is 4.04. The number of benzene rings is 1. The highest BCUT2D eigenvalue weighted by Gasteiger charge is 2.14. The van der Waals surface area contributed by atoms with Crippen LogP contribution >= 0.6 is 23.2 Å². The predicted octanol–water partition coefficient (Wildman–Crippen LogP) is 3.55. The lowest BCUT2D eigenvalue weighted by molar-refractivity contribution is -0.116. The van der Waals surface area contributed by atoms with Gasteiger partial charge in [0.2, 0.25) is 0 Å². The van der Waals surface area contributed by atoms with E-state index in [0.29, 0.717) is 15.6 Å². The van der Waals surface area contributed by atoms with Crippen molar-refractivity contribution in [2.24, 2.45) is 0 Å². The molecule has 0 aliphatic carbocycles. The molecule has 0 saturated carbocycles. The van der Waals surface area contributed by atoms with Gasteiger partial charge in [-0.3, -0.25) is 4.79 Å². The Kier molecular flexibility index (Phi) is 4.30. The fourth-order valence-electron chi connectivity index (χ4n) is 1.18. The van der Waals surface area contributed by atoms with E-state index in [-0.39, 0.29) is 24.4 Å². The molecule has 2 nitrogen and oxygen atoms in total. The quantitative estimate of drug-likeness (QED) is 0.760. The summed E-state index contributed by atoms with van der Waals surface area (Å²) in [7, 11) is 0. The van der Waals surface area contributed by atoms with Gasteiger partial charge in [-0.2, -0.15) is 0 Å². The topological polar surface area (TPSA) is 34.1 Å². The van der Waals surface area contributed by atoms with Crippen molar-refractivity contribution >= 4 is 34.8 Å². The molecule has 1 rings (SSSR count). The average Bonchev–Trinajstić information content (AvgIpc) is 2.14. The largest absolute Gasteiger partial charge is 0.300 e. The van der Waals surface area contributed by atoms with Crippen LogP contribution in [-0.2, 0) is 4.79 Å². The minimum Gasteiger partial charge on any atom is -0.300 e. The minimum atomic E-state index is -0.194. The van der Waals surface area contributed by atoms with Gasteiger partial charge in [-0.25, -0.2) is 0 Å². The monoisotopic (exact) mass is 244 g/mol. The van der Waals surface area contributed by atoms with E-state index >= 15 is 0 Å². The molecule has 0 N–H and O–H groups in total. The summed E-state index contributed by atoms with van der Waals surface area (Å²) < 4.78 is 0. The number of Topliss-reactive ketones (excluding diaryl/α,β-unsaturated/α-hetero) is 2. The van der Waals surface area contributed by atoms with E-state index in [1.165, 1.54) is 6.92 Å². The first-order valence-electron chi connectivity index (χ1n) is 4.49. The van der Waals surface area contributed by atoms with Gasteiger partial charge in [-0.05, 0) is 19.1 Å². The van der Waals surface area contributed by atoms with Gasteiger partial charge in [-0.1, -0.05) is 29.3 Å². The lowest BCUT2D eigenvalue weighted by Crippen LogP contribution is -2.03. The maximum atomic E-state index is 11.7. The van der Waals surface area contributed by atoms with E-state index in [1.54, 1.807) is 18.2 Å². The van der Waals surface area contributed by atoms with Crippen LogP contribution in [0, 0.1) is 0 Å². The first-order chi connectivity index (χ1) is 7.02. The van der Waals surface area contributed by atoms with Crippen molar-refractivity contribution < 1.29 is 9.59 Å². The number of carbonyl (C=O) groups excluding carboxylic acids is 2. The van der Waals surface area contributed by atoms with Gasteiger partial charge in [0.25, 0.3) is 0 Å². The van der Waals surface area contributed by atoms with Gasteiger partial charge in [-0.15, -0.1) is 0 Å². The van der Waals surface area contributed by atoms with E-state index in [9.17, 15) is 9.59 Å². The van der Waals surface area contributed by atoms with Crippen LogP contribution < -0.4 is 0 Å². The summed E-state index contributed by atoms with van der Waals surface area (Å²) in [6.07, 6.45) is 0.374. The smallest absolute Gasteiger partial charge is 0.166 e. The maximum Gasteiger partial charge on any atom is 0.166 e. The molecule has 1 aromatic rings. The third-order valence-corrected chi connectivity index (χ3v) is 2.58. The van der Waals surface area contributed by atoms with Crippen molar-refractivity contribution in [3.63, 3.8) is 0 Å². The number of hydrogen-bond donors (Lipinski definition) is 0. The zero-order chi connectivity index (χ0) is 11.4. The van der Waals surface area contributed by atoms with E-state index in [2.05, 4.69) is 0 Å². The van der Waals surface area contributed by atoms with Gasteiger partial charge >= 0.3 is 0 Å². The van der Waals surface area contributed by atoms with Crippen LogP contribution in [0.25, 0.3) is 0 Å². The molecule has 0 unspecified atom stereocenters. The van der Waals surface area contributed by atoms with E-state index in [0.717, 1.165) is 0 Å². The number of halogens is 2. The summed E-state index contributed by atoms with van der Waals surface area (Å²) in [5.41, 5.74) is 0.307. The molecule has 1 aromatic carbocycles. The maximum absolute atomic E-state index is 11.7. The third-order valence-electron chi connectivity index (χ3n) is 1.95. The van der Waals surface area contributed by atoms with Gasteiger partial charge in [0, 0.05) is 12.8 Å². The molecular weight excluding hydrogens is 235 g/mol. The molecule has 0 amide bonds. The van der Waals surface area contributed by atoms with Crippen molar-refractivity contribution in [3.8, 4) is 0 Å². The molecule has 0 bridgehead atoms. The second-order valence-electron chi connectivity index (χ2n) is 3.22. The van der Waals surface area contributed by atoms with Crippen LogP contribution in [-0.4, -0.2) is 11.6 Å². The van der Waals surface area contributed by atoms with Crippen LogP contribution in [0.2, 0.25) is 10.0 Å². The van der Waals surface area contributed by atoms with Crippen LogP contribution in [0.1, 0.15) is 30.1 Å². The molecule has 0 aromatic heterocycles. The summed E-state index contributed by atoms with van der Waals surface area (Å²) in [5.74, 6) is -0.215. The zero-order valence-corrected chi connectivity index (χ0v) is 9.73. The molecule has 15 heavy (non-hydrogen) atoms. The fourth-order valence-corrected chi connectivity index (χ4v) is 1.79. The SMILES string of the molecule is CC(=O)CCC(=O)c1c(Cl)cccc1Cl. The summed E-state index contributed by atoms with van der Waals surface area (Å²) in [4.78, 5) is 22.4. The lowest BCUT2D eigenvalue weighted by atomic mass is 10.1.